The number of hydrogen-bond acceptors (Lipinski definition) is 5. The topological polar surface area (TPSA) is 87.2 Å². The minimum absolute atomic E-state index is 0.215. The van der Waals surface area contributed by atoms with Crippen molar-refractivity contribution in [2.75, 3.05) is 29.9 Å². The molecule has 1 fully saturated rings. The van der Waals surface area contributed by atoms with Crippen LogP contribution in [0, 0.1) is 17.6 Å². The van der Waals surface area contributed by atoms with E-state index in [2.05, 4.69) is 25.5 Å². The van der Waals surface area contributed by atoms with E-state index in [4.69, 9.17) is 0 Å². The van der Waals surface area contributed by atoms with Gasteiger partial charge in [0.05, 0.1) is 5.69 Å². The van der Waals surface area contributed by atoms with E-state index >= 15 is 0 Å². The molecule has 27 heavy (non-hydrogen) atoms. The maximum absolute atomic E-state index is 13.5. The molecule has 9 heteroatoms. The maximum Gasteiger partial charge on any atom is 0.313 e. The Labute approximate surface area is 154 Å². The maximum atomic E-state index is 13.5. The number of hydrogen-bond donors (Lipinski definition) is 2. The number of amides is 2. The summed E-state index contributed by atoms with van der Waals surface area (Å²) in [5, 5.41) is 4.62. The standard InChI is InChI=1S/C18H19F2N5O2/c19-13-2-3-14(20)15(10-13)24-17(27)16(26)23-11-12-4-8-25(9-5-12)18-21-6-1-7-22-18/h1-3,6-7,10,12H,4-5,8-9,11H2,(H,23,26)(H,24,27). The third-order valence-electron chi connectivity index (χ3n) is 4.38. The predicted molar refractivity (Wildman–Crippen MR) is 95.0 cm³/mol. The molecule has 0 atom stereocenters. The molecule has 7 nitrogen and oxygen atoms in total. The normalized spacial score (nSPS) is 14.7. The lowest BCUT2D eigenvalue weighted by molar-refractivity contribution is -0.136. The van der Waals surface area contributed by atoms with Crippen LogP contribution in [0.5, 0.6) is 0 Å². The number of benzene rings is 1. The number of carbonyl (C=O) groups excluding carboxylic acids is 2. The summed E-state index contributed by atoms with van der Waals surface area (Å²) in [6.07, 6.45) is 5.01. The Hall–Kier alpha value is -3.10. The molecule has 2 aromatic rings. The van der Waals surface area contributed by atoms with E-state index in [1.54, 1.807) is 18.5 Å². The molecule has 2 heterocycles. The second kappa shape index (κ2) is 8.52. The lowest BCUT2D eigenvalue weighted by Crippen LogP contribution is -2.42. The van der Waals surface area contributed by atoms with Gasteiger partial charge < -0.3 is 15.5 Å². The third kappa shape index (κ3) is 4.96. The van der Waals surface area contributed by atoms with Crippen LogP contribution in [-0.2, 0) is 9.59 Å². The molecule has 2 N–H and O–H groups in total. The van der Waals surface area contributed by atoms with Gasteiger partial charge in [-0.2, -0.15) is 0 Å². The smallest absolute Gasteiger partial charge is 0.313 e. The fraction of sp³-hybridized carbons (Fsp3) is 0.333. The van der Waals surface area contributed by atoms with E-state index in [0.29, 0.717) is 12.5 Å². The molecule has 0 aliphatic carbocycles. The zero-order valence-electron chi connectivity index (χ0n) is 14.5. The van der Waals surface area contributed by atoms with Gasteiger partial charge in [0.2, 0.25) is 5.95 Å². The fourth-order valence-corrected chi connectivity index (χ4v) is 2.88. The average Bonchev–Trinajstić information content (AvgIpc) is 2.70. The summed E-state index contributed by atoms with van der Waals surface area (Å²) >= 11 is 0. The summed E-state index contributed by atoms with van der Waals surface area (Å²) in [7, 11) is 0. The quantitative estimate of drug-likeness (QED) is 0.795. The van der Waals surface area contributed by atoms with E-state index in [0.717, 1.165) is 44.1 Å². The van der Waals surface area contributed by atoms with Crippen molar-refractivity contribution in [1.82, 2.24) is 15.3 Å². The molecule has 1 aromatic heterocycles. The van der Waals surface area contributed by atoms with Crippen LogP contribution in [0.25, 0.3) is 0 Å². The lowest BCUT2D eigenvalue weighted by Gasteiger charge is -2.31. The minimum Gasteiger partial charge on any atom is -0.348 e. The first-order valence-corrected chi connectivity index (χ1v) is 8.59. The second-order valence-corrected chi connectivity index (χ2v) is 6.27. The van der Waals surface area contributed by atoms with Gasteiger partial charge in [-0.1, -0.05) is 0 Å². The summed E-state index contributed by atoms with van der Waals surface area (Å²) in [4.78, 5) is 34.2. The third-order valence-corrected chi connectivity index (χ3v) is 4.38. The fourth-order valence-electron chi connectivity index (χ4n) is 2.88. The largest absolute Gasteiger partial charge is 0.348 e. The monoisotopic (exact) mass is 375 g/mol. The number of nitrogens with one attached hydrogen (secondary N) is 2. The molecule has 0 spiro atoms. The number of halogens is 2. The summed E-state index contributed by atoms with van der Waals surface area (Å²) in [6, 6.07) is 4.39. The molecule has 142 valence electrons. The Morgan fingerprint density at radius 3 is 2.52 bits per heavy atom. The highest BCUT2D eigenvalue weighted by Crippen LogP contribution is 2.19. The van der Waals surface area contributed by atoms with Gasteiger partial charge in [-0.15, -0.1) is 0 Å². The Kier molecular flexibility index (Phi) is 5.90. The van der Waals surface area contributed by atoms with Crippen molar-refractivity contribution in [2.45, 2.75) is 12.8 Å². The first kappa shape index (κ1) is 18.7. The Balaban J connectivity index is 1.44. The van der Waals surface area contributed by atoms with Gasteiger partial charge >= 0.3 is 11.8 Å². The molecule has 0 radical (unpaired) electrons. The average molecular weight is 375 g/mol. The number of piperidine rings is 1. The van der Waals surface area contributed by atoms with Crippen LogP contribution in [0.15, 0.2) is 36.7 Å². The van der Waals surface area contributed by atoms with Gasteiger partial charge in [-0.25, -0.2) is 18.7 Å². The van der Waals surface area contributed by atoms with Crippen molar-refractivity contribution in [3.63, 3.8) is 0 Å². The Morgan fingerprint density at radius 1 is 1.11 bits per heavy atom. The van der Waals surface area contributed by atoms with Crippen LogP contribution in [0.1, 0.15) is 12.8 Å². The SMILES string of the molecule is O=C(NCC1CCN(c2ncccn2)CC1)C(=O)Nc1cc(F)ccc1F. The summed E-state index contributed by atoms with van der Waals surface area (Å²) in [5.41, 5.74) is -0.369. The first-order valence-electron chi connectivity index (χ1n) is 8.59. The summed E-state index contributed by atoms with van der Waals surface area (Å²) in [5.74, 6) is -2.54. The molecule has 1 aromatic carbocycles. The van der Waals surface area contributed by atoms with Gasteiger partial charge in [0.1, 0.15) is 11.6 Å². The van der Waals surface area contributed by atoms with Crippen molar-refractivity contribution in [3.05, 3.63) is 48.3 Å². The number of anilines is 2. The molecule has 0 saturated carbocycles. The van der Waals surface area contributed by atoms with Crippen LogP contribution in [-0.4, -0.2) is 41.4 Å². The second-order valence-electron chi connectivity index (χ2n) is 6.27. The van der Waals surface area contributed by atoms with E-state index < -0.39 is 23.4 Å². The van der Waals surface area contributed by atoms with E-state index in [1.807, 2.05) is 0 Å². The van der Waals surface area contributed by atoms with Crippen LogP contribution in [0.2, 0.25) is 0 Å². The summed E-state index contributed by atoms with van der Waals surface area (Å²) < 4.78 is 26.6. The van der Waals surface area contributed by atoms with Crippen LogP contribution in [0.4, 0.5) is 20.4 Å². The van der Waals surface area contributed by atoms with E-state index in [-0.39, 0.29) is 11.6 Å². The number of rotatable bonds is 4. The van der Waals surface area contributed by atoms with Crippen LogP contribution >= 0.6 is 0 Å². The number of aromatic nitrogens is 2. The highest BCUT2D eigenvalue weighted by atomic mass is 19.1. The van der Waals surface area contributed by atoms with Gasteiger partial charge in [-0.3, -0.25) is 9.59 Å². The zero-order valence-corrected chi connectivity index (χ0v) is 14.5. The molecule has 1 saturated heterocycles. The van der Waals surface area contributed by atoms with Gasteiger partial charge in [0.25, 0.3) is 0 Å². The van der Waals surface area contributed by atoms with E-state index in [1.165, 1.54) is 0 Å². The zero-order chi connectivity index (χ0) is 19.2. The summed E-state index contributed by atoms with van der Waals surface area (Å²) in [6.45, 7) is 1.85. The minimum atomic E-state index is -1.03. The Bertz CT molecular complexity index is 811. The van der Waals surface area contributed by atoms with Crippen molar-refractivity contribution in [2.24, 2.45) is 5.92 Å². The predicted octanol–water partition coefficient (Wildman–Crippen LogP) is 1.73. The van der Waals surface area contributed by atoms with Gasteiger partial charge in [0, 0.05) is 38.1 Å². The Morgan fingerprint density at radius 2 is 1.81 bits per heavy atom. The molecule has 0 bridgehead atoms. The first-order chi connectivity index (χ1) is 13.0. The molecule has 3 rings (SSSR count). The highest BCUT2D eigenvalue weighted by Gasteiger charge is 2.23. The molecular formula is C18H19F2N5O2. The molecule has 1 aliphatic rings. The van der Waals surface area contributed by atoms with Crippen molar-refractivity contribution < 1.29 is 18.4 Å². The molecular weight excluding hydrogens is 356 g/mol. The van der Waals surface area contributed by atoms with Gasteiger partial charge in [0.15, 0.2) is 0 Å². The van der Waals surface area contributed by atoms with Crippen LogP contribution < -0.4 is 15.5 Å². The van der Waals surface area contributed by atoms with Crippen LogP contribution in [0.3, 0.4) is 0 Å². The van der Waals surface area contributed by atoms with Crippen molar-refractivity contribution in [1.29, 1.82) is 0 Å². The number of carbonyl (C=O) groups is 2. The van der Waals surface area contributed by atoms with E-state index in [9.17, 15) is 18.4 Å². The van der Waals surface area contributed by atoms with Crippen molar-refractivity contribution in [3.8, 4) is 0 Å². The number of nitrogens with zero attached hydrogens (tertiary/aromatic N) is 3. The molecule has 2 amide bonds. The van der Waals surface area contributed by atoms with Crippen molar-refractivity contribution >= 4 is 23.5 Å². The highest BCUT2D eigenvalue weighted by molar-refractivity contribution is 6.39. The molecule has 0 unspecified atom stereocenters. The molecule has 1 aliphatic heterocycles. The van der Waals surface area contributed by atoms with Gasteiger partial charge in [-0.05, 0) is 37.0 Å². The lowest BCUT2D eigenvalue weighted by atomic mass is 9.97.